The molecule has 30 heavy (non-hydrogen) atoms. The Kier molecular flexibility index (Phi) is 5.95. The van der Waals surface area contributed by atoms with E-state index in [1.54, 1.807) is 0 Å². The number of thiol groups is 1. The van der Waals surface area contributed by atoms with Crippen LogP contribution in [0.1, 0.15) is 42.7 Å². The van der Waals surface area contributed by atoms with E-state index in [1.807, 2.05) is 18.2 Å². The number of pyridine rings is 1. The van der Waals surface area contributed by atoms with E-state index in [0.717, 1.165) is 12.3 Å². The average Bonchev–Trinajstić information content (AvgIpc) is 3.01. The van der Waals surface area contributed by atoms with Crippen LogP contribution in [0.15, 0.2) is 53.3 Å². The van der Waals surface area contributed by atoms with Gasteiger partial charge >= 0.3 is 6.18 Å². The van der Waals surface area contributed by atoms with E-state index in [0.29, 0.717) is 5.89 Å². The second-order valence-electron chi connectivity index (χ2n) is 7.39. The Labute approximate surface area is 172 Å². The van der Waals surface area contributed by atoms with E-state index in [4.69, 9.17) is 12.9 Å². The molecule has 1 aliphatic rings. The molecule has 2 aromatic heterocycles. The molecule has 2 N–H and O–H groups in total. The van der Waals surface area contributed by atoms with Gasteiger partial charge in [0.05, 0.1) is 11.5 Å². The van der Waals surface area contributed by atoms with E-state index in [-0.39, 0.29) is 28.6 Å². The molecule has 0 unspecified atom stereocenters. The van der Waals surface area contributed by atoms with Gasteiger partial charge in [-0.25, -0.2) is 13.6 Å². The van der Waals surface area contributed by atoms with Crippen molar-refractivity contribution >= 4 is 10.9 Å². The van der Waals surface area contributed by atoms with Crippen LogP contribution in [-0.4, -0.2) is 23.5 Å². The zero-order valence-electron chi connectivity index (χ0n) is 16.0. The fourth-order valence-electron chi connectivity index (χ4n) is 3.58. The molecule has 11 heteroatoms. The molecule has 0 bridgehead atoms. The van der Waals surface area contributed by atoms with Crippen molar-refractivity contribution in [2.45, 2.75) is 31.9 Å². The second kappa shape index (κ2) is 8.15. The molecule has 2 heterocycles. The number of benzene rings is 1. The normalized spacial score (nSPS) is 19.8. The number of hydrogen-bond donors (Lipinski definition) is 2. The summed E-state index contributed by atoms with van der Waals surface area (Å²) < 4.78 is 61.6. The molecule has 0 saturated heterocycles. The molecule has 0 radical (unpaired) electrons. The first-order valence-electron chi connectivity index (χ1n) is 8.82. The lowest BCUT2D eigenvalue weighted by atomic mass is 10.0. The fourth-order valence-corrected chi connectivity index (χ4v) is 3.58. The SMILES string of the molecule is CC1(C)[C@H](c2ccccc2)[C@H]1c1nc(-c2cncc(C(F)(F)F)c2)no1.N[SH](=O)=O. The number of rotatable bonds is 3. The Morgan fingerprint density at radius 1 is 1.10 bits per heavy atom. The van der Waals surface area contributed by atoms with Gasteiger partial charge in [-0.05, 0) is 17.0 Å². The lowest BCUT2D eigenvalue weighted by Gasteiger charge is -2.05. The molecule has 0 amide bonds. The maximum Gasteiger partial charge on any atom is 0.417 e. The third kappa shape index (κ3) is 4.68. The summed E-state index contributed by atoms with van der Waals surface area (Å²) in [4.78, 5) is 8.00. The van der Waals surface area contributed by atoms with Gasteiger partial charge in [0.1, 0.15) is 0 Å². The van der Waals surface area contributed by atoms with Crippen LogP contribution in [0.5, 0.6) is 0 Å². The van der Waals surface area contributed by atoms with Gasteiger partial charge in [0, 0.05) is 23.9 Å². The van der Waals surface area contributed by atoms with Crippen molar-refractivity contribution in [1.82, 2.24) is 15.1 Å². The lowest BCUT2D eigenvalue weighted by Crippen LogP contribution is -2.05. The molecule has 0 aliphatic heterocycles. The first-order valence-corrected chi connectivity index (χ1v) is 10.1. The summed E-state index contributed by atoms with van der Waals surface area (Å²) in [5.41, 5.74) is 0.472. The Bertz CT molecular complexity index is 1090. The number of nitrogens with two attached hydrogens (primary N) is 1. The maximum absolute atomic E-state index is 12.9. The van der Waals surface area contributed by atoms with Crippen LogP contribution in [0.2, 0.25) is 0 Å². The van der Waals surface area contributed by atoms with E-state index < -0.39 is 22.6 Å². The Morgan fingerprint density at radius 2 is 1.73 bits per heavy atom. The minimum atomic E-state index is -4.47. The number of aromatic nitrogens is 3. The van der Waals surface area contributed by atoms with Crippen LogP contribution >= 0.6 is 0 Å². The van der Waals surface area contributed by atoms with Crippen molar-refractivity contribution in [2.24, 2.45) is 10.6 Å². The van der Waals surface area contributed by atoms with Crippen LogP contribution < -0.4 is 5.14 Å². The Morgan fingerprint density at radius 3 is 2.33 bits per heavy atom. The number of alkyl halides is 3. The quantitative estimate of drug-likeness (QED) is 0.603. The summed E-state index contributed by atoms with van der Waals surface area (Å²) in [6, 6.07) is 11.0. The molecule has 1 fully saturated rings. The molecule has 1 aliphatic carbocycles. The highest BCUT2D eigenvalue weighted by Crippen LogP contribution is 2.69. The largest absolute Gasteiger partial charge is 0.417 e. The van der Waals surface area contributed by atoms with Crippen molar-refractivity contribution < 1.29 is 26.1 Å². The van der Waals surface area contributed by atoms with E-state index >= 15 is 0 Å². The molecule has 4 rings (SSSR count). The Hall–Kier alpha value is -2.79. The number of hydrogen-bond acceptors (Lipinski definition) is 6. The van der Waals surface area contributed by atoms with Gasteiger partial charge in [0.2, 0.25) is 11.7 Å². The highest BCUT2D eigenvalue weighted by Gasteiger charge is 2.61. The monoisotopic (exact) mass is 440 g/mol. The minimum absolute atomic E-state index is 0.0323. The number of nitrogens with zero attached hydrogens (tertiary/aromatic N) is 3. The molecule has 0 spiro atoms. The van der Waals surface area contributed by atoms with Crippen molar-refractivity contribution in [1.29, 1.82) is 0 Å². The molecule has 1 aromatic carbocycles. The first kappa shape index (κ1) is 21.9. The van der Waals surface area contributed by atoms with Crippen LogP contribution in [0, 0.1) is 5.41 Å². The standard InChI is InChI=1S/C19H16F3N3O.H3NO2S/c1-18(2)14(11-6-4-3-5-7-11)15(18)17-24-16(25-26-17)12-8-13(10-23-9-12)19(20,21)22;1-4(2)3/h3-10,14-15H,1-2H3;4H,(H2,1,2,3)/t14-,15+;/m1./s1. The topological polar surface area (TPSA) is 112 Å². The van der Waals surface area contributed by atoms with Gasteiger partial charge in [-0.15, -0.1) is 0 Å². The summed E-state index contributed by atoms with van der Waals surface area (Å²) >= 11 is 0. The summed E-state index contributed by atoms with van der Waals surface area (Å²) in [7, 11) is -2.62. The zero-order valence-corrected chi connectivity index (χ0v) is 16.9. The number of halogens is 3. The van der Waals surface area contributed by atoms with Crippen molar-refractivity contribution in [3.63, 3.8) is 0 Å². The Balaban J connectivity index is 0.000000589. The highest BCUT2D eigenvalue weighted by molar-refractivity contribution is 7.69. The van der Waals surface area contributed by atoms with Crippen LogP contribution in [0.25, 0.3) is 11.4 Å². The van der Waals surface area contributed by atoms with Crippen LogP contribution in [0.3, 0.4) is 0 Å². The van der Waals surface area contributed by atoms with Gasteiger partial charge in [0.15, 0.2) is 10.9 Å². The van der Waals surface area contributed by atoms with Gasteiger partial charge in [0.25, 0.3) is 0 Å². The third-order valence-corrected chi connectivity index (χ3v) is 5.02. The highest BCUT2D eigenvalue weighted by atomic mass is 32.2. The molecular weight excluding hydrogens is 421 g/mol. The molecule has 3 aromatic rings. The molecule has 160 valence electrons. The van der Waals surface area contributed by atoms with E-state index in [1.165, 1.54) is 11.8 Å². The summed E-state index contributed by atoms with van der Waals surface area (Å²) in [6.07, 6.45) is -2.39. The summed E-state index contributed by atoms with van der Waals surface area (Å²) in [5, 5.41) is 7.94. The predicted octanol–water partition coefficient (Wildman–Crippen LogP) is 3.53. The maximum atomic E-state index is 12.9. The predicted molar refractivity (Wildman–Crippen MR) is 103 cm³/mol. The van der Waals surface area contributed by atoms with Crippen molar-refractivity contribution in [3.8, 4) is 11.4 Å². The minimum Gasteiger partial charge on any atom is -0.339 e. The molecule has 2 atom stereocenters. The third-order valence-electron chi connectivity index (χ3n) is 5.02. The van der Waals surface area contributed by atoms with Crippen LogP contribution in [0.4, 0.5) is 13.2 Å². The second-order valence-corrected chi connectivity index (χ2v) is 7.96. The smallest absolute Gasteiger partial charge is 0.339 e. The fraction of sp³-hybridized carbons (Fsp3) is 0.316. The van der Waals surface area contributed by atoms with Crippen molar-refractivity contribution in [3.05, 3.63) is 65.8 Å². The first-order chi connectivity index (χ1) is 14.0. The summed E-state index contributed by atoms with van der Waals surface area (Å²) in [6.45, 7) is 4.23. The average molecular weight is 440 g/mol. The van der Waals surface area contributed by atoms with Gasteiger partial charge in [-0.1, -0.05) is 49.3 Å². The van der Waals surface area contributed by atoms with Gasteiger partial charge < -0.3 is 4.52 Å². The van der Waals surface area contributed by atoms with E-state index in [2.05, 4.69) is 46.2 Å². The zero-order chi connectivity index (χ0) is 22.1. The molecule has 1 saturated carbocycles. The van der Waals surface area contributed by atoms with Gasteiger partial charge in [-0.2, -0.15) is 18.2 Å². The lowest BCUT2D eigenvalue weighted by molar-refractivity contribution is -0.137. The van der Waals surface area contributed by atoms with Crippen LogP contribution in [-0.2, 0) is 17.1 Å². The summed E-state index contributed by atoms with van der Waals surface area (Å²) in [5.74, 6) is 0.825. The van der Waals surface area contributed by atoms with Gasteiger partial charge in [-0.3, -0.25) is 4.98 Å². The molecular formula is C19H19F3N4O3S. The molecule has 7 nitrogen and oxygen atoms in total. The van der Waals surface area contributed by atoms with E-state index in [9.17, 15) is 13.2 Å². The van der Waals surface area contributed by atoms with Crippen molar-refractivity contribution in [2.75, 3.05) is 0 Å².